The van der Waals surface area contributed by atoms with Crippen molar-refractivity contribution in [2.24, 2.45) is 0 Å². The predicted octanol–water partition coefficient (Wildman–Crippen LogP) is 3.17. The number of aryl methyl sites for hydroxylation is 2. The van der Waals surface area contributed by atoms with Gasteiger partial charge in [0.2, 0.25) is 0 Å². The summed E-state index contributed by atoms with van der Waals surface area (Å²) < 4.78 is 13.4. The molecule has 0 aliphatic rings. The van der Waals surface area contributed by atoms with Crippen LogP contribution in [0.25, 0.3) is 11.4 Å². The molecule has 0 amide bonds. The van der Waals surface area contributed by atoms with E-state index in [1.807, 2.05) is 13.1 Å². The van der Waals surface area contributed by atoms with Crippen LogP contribution < -0.4 is 5.32 Å². The summed E-state index contributed by atoms with van der Waals surface area (Å²) in [5.41, 5.74) is 4.10. The Bertz CT molecular complexity index is 586. The summed E-state index contributed by atoms with van der Waals surface area (Å²) in [4.78, 5) is 9.32. The lowest BCUT2D eigenvalue weighted by Gasteiger charge is -2.14. The molecule has 0 radical (unpaired) electrons. The van der Waals surface area contributed by atoms with Crippen LogP contribution >= 0.6 is 0 Å². The summed E-state index contributed by atoms with van der Waals surface area (Å²) in [6.07, 6.45) is 2.64. The first-order chi connectivity index (χ1) is 10.2. The molecule has 1 aromatic carbocycles. The van der Waals surface area contributed by atoms with E-state index < -0.39 is 0 Å². The van der Waals surface area contributed by atoms with E-state index in [1.165, 1.54) is 17.7 Å². The first kappa shape index (κ1) is 15.6. The zero-order valence-corrected chi connectivity index (χ0v) is 12.9. The van der Waals surface area contributed by atoms with Crippen molar-refractivity contribution in [1.29, 1.82) is 0 Å². The van der Waals surface area contributed by atoms with Crippen molar-refractivity contribution in [1.82, 2.24) is 15.3 Å². The molecular weight excluding hydrogens is 265 g/mol. The highest BCUT2D eigenvalue weighted by Gasteiger charge is 2.13. The molecular formula is C17H22FN3. The van der Waals surface area contributed by atoms with Gasteiger partial charge in [-0.05, 0) is 50.6 Å². The summed E-state index contributed by atoms with van der Waals surface area (Å²) in [6, 6.07) is 6.47. The molecule has 4 heteroatoms. The van der Waals surface area contributed by atoms with Crippen LogP contribution in [0.1, 0.15) is 30.8 Å². The summed E-state index contributed by atoms with van der Waals surface area (Å²) in [7, 11) is 1.94. The molecule has 1 N–H and O–H groups in total. The standard InChI is InChI=1S/C17H22FN3/c1-4-15-14(9-10-19-3)16(5-2)21-17(20-15)12-7-6-8-13(18)11-12/h6-8,11,19H,4-5,9-10H2,1-3H3. The lowest BCUT2D eigenvalue weighted by Crippen LogP contribution is -2.15. The maximum Gasteiger partial charge on any atom is 0.159 e. The van der Waals surface area contributed by atoms with Gasteiger partial charge >= 0.3 is 0 Å². The van der Waals surface area contributed by atoms with E-state index in [1.54, 1.807) is 6.07 Å². The lowest BCUT2D eigenvalue weighted by atomic mass is 10.0. The molecule has 0 unspecified atom stereocenters. The van der Waals surface area contributed by atoms with Gasteiger partial charge in [0, 0.05) is 17.0 Å². The van der Waals surface area contributed by atoms with Gasteiger partial charge in [0.05, 0.1) is 0 Å². The van der Waals surface area contributed by atoms with Gasteiger partial charge < -0.3 is 5.32 Å². The summed E-state index contributed by atoms with van der Waals surface area (Å²) in [5.74, 6) is 0.364. The van der Waals surface area contributed by atoms with Crippen molar-refractivity contribution < 1.29 is 4.39 Å². The highest BCUT2D eigenvalue weighted by Crippen LogP contribution is 2.21. The molecule has 2 rings (SSSR count). The van der Waals surface area contributed by atoms with E-state index >= 15 is 0 Å². The molecule has 21 heavy (non-hydrogen) atoms. The zero-order chi connectivity index (χ0) is 15.2. The van der Waals surface area contributed by atoms with Crippen molar-refractivity contribution in [2.75, 3.05) is 13.6 Å². The van der Waals surface area contributed by atoms with Crippen LogP contribution in [0.3, 0.4) is 0 Å². The fraction of sp³-hybridized carbons (Fsp3) is 0.412. The molecule has 1 heterocycles. The Labute approximate surface area is 125 Å². The predicted molar refractivity (Wildman–Crippen MR) is 83.8 cm³/mol. The van der Waals surface area contributed by atoms with E-state index in [2.05, 4.69) is 29.1 Å². The zero-order valence-electron chi connectivity index (χ0n) is 12.9. The van der Waals surface area contributed by atoms with Crippen LogP contribution in [0, 0.1) is 5.82 Å². The van der Waals surface area contributed by atoms with Gasteiger partial charge in [0.1, 0.15) is 5.82 Å². The van der Waals surface area contributed by atoms with Crippen LogP contribution in [0.4, 0.5) is 4.39 Å². The highest BCUT2D eigenvalue weighted by atomic mass is 19.1. The smallest absolute Gasteiger partial charge is 0.159 e. The number of aromatic nitrogens is 2. The Morgan fingerprint density at radius 3 is 2.29 bits per heavy atom. The van der Waals surface area contributed by atoms with E-state index in [4.69, 9.17) is 0 Å². The monoisotopic (exact) mass is 287 g/mol. The fourth-order valence-corrected chi connectivity index (χ4v) is 2.46. The van der Waals surface area contributed by atoms with Crippen molar-refractivity contribution in [3.05, 3.63) is 47.0 Å². The molecule has 0 aliphatic heterocycles. The number of likely N-dealkylation sites (N-methyl/N-ethyl adjacent to an activating group) is 1. The minimum Gasteiger partial charge on any atom is -0.319 e. The normalized spacial score (nSPS) is 10.9. The molecule has 0 bridgehead atoms. The first-order valence-electron chi connectivity index (χ1n) is 7.48. The van der Waals surface area contributed by atoms with Crippen molar-refractivity contribution in [3.63, 3.8) is 0 Å². The third-order valence-corrected chi connectivity index (χ3v) is 3.56. The Morgan fingerprint density at radius 1 is 1.10 bits per heavy atom. The second-order valence-corrected chi connectivity index (χ2v) is 4.99. The molecule has 0 aliphatic carbocycles. The largest absolute Gasteiger partial charge is 0.319 e. The average molecular weight is 287 g/mol. The van der Waals surface area contributed by atoms with Crippen molar-refractivity contribution in [3.8, 4) is 11.4 Å². The molecule has 0 atom stereocenters. The maximum absolute atomic E-state index is 13.4. The van der Waals surface area contributed by atoms with Gasteiger partial charge in [-0.1, -0.05) is 26.0 Å². The van der Waals surface area contributed by atoms with Gasteiger partial charge in [0.15, 0.2) is 5.82 Å². The molecule has 0 spiro atoms. The molecule has 2 aromatic rings. The quantitative estimate of drug-likeness (QED) is 0.887. The maximum atomic E-state index is 13.4. The van der Waals surface area contributed by atoms with Crippen LogP contribution in [-0.2, 0) is 19.3 Å². The molecule has 0 fully saturated rings. The number of halogens is 1. The van der Waals surface area contributed by atoms with E-state index in [-0.39, 0.29) is 5.82 Å². The Hall–Kier alpha value is -1.81. The lowest BCUT2D eigenvalue weighted by molar-refractivity contribution is 0.628. The Kier molecular flexibility index (Phi) is 5.39. The molecule has 0 saturated heterocycles. The molecule has 0 saturated carbocycles. The van der Waals surface area contributed by atoms with Crippen LogP contribution in [0.15, 0.2) is 24.3 Å². The van der Waals surface area contributed by atoms with E-state index in [0.717, 1.165) is 42.8 Å². The Morgan fingerprint density at radius 2 is 1.76 bits per heavy atom. The molecule has 1 aromatic heterocycles. The number of nitrogens with one attached hydrogen (secondary N) is 1. The summed E-state index contributed by atoms with van der Waals surface area (Å²) in [5, 5.41) is 3.17. The van der Waals surface area contributed by atoms with Crippen molar-refractivity contribution in [2.45, 2.75) is 33.1 Å². The third kappa shape index (κ3) is 3.64. The second-order valence-electron chi connectivity index (χ2n) is 4.99. The van der Waals surface area contributed by atoms with Crippen molar-refractivity contribution >= 4 is 0 Å². The summed E-state index contributed by atoms with van der Waals surface area (Å²) in [6.45, 7) is 5.10. The van der Waals surface area contributed by atoms with Gasteiger partial charge in [-0.15, -0.1) is 0 Å². The fourth-order valence-electron chi connectivity index (χ4n) is 2.46. The average Bonchev–Trinajstić information content (AvgIpc) is 2.52. The van der Waals surface area contributed by atoms with E-state index in [9.17, 15) is 4.39 Å². The number of rotatable bonds is 6. The molecule has 3 nitrogen and oxygen atoms in total. The number of benzene rings is 1. The van der Waals surface area contributed by atoms with Crippen LogP contribution in [-0.4, -0.2) is 23.6 Å². The minimum absolute atomic E-state index is 0.258. The van der Waals surface area contributed by atoms with Crippen LogP contribution in [0.2, 0.25) is 0 Å². The Balaban J connectivity index is 2.49. The topological polar surface area (TPSA) is 37.8 Å². The number of hydrogen-bond donors (Lipinski definition) is 1. The second kappa shape index (κ2) is 7.27. The van der Waals surface area contributed by atoms with E-state index in [0.29, 0.717) is 5.82 Å². The third-order valence-electron chi connectivity index (χ3n) is 3.56. The van der Waals surface area contributed by atoms with Gasteiger partial charge in [0.25, 0.3) is 0 Å². The van der Waals surface area contributed by atoms with Gasteiger partial charge in [-0.2, -0.15) is 0 Å². The SMILES string of the molecule is CCc1nc(-c2cccc(F)c2)nc(CC)c1CCNC. The highest BCUT2D eigenvalue weighted by molar-refractivity contribution is 5.56. The molecule has 112 valence electrons. The number of hydrogen-bond acceptors (Lipinski definition) is 3. The first-order valence-corrected chi connectivity index (χ1v) is 7.48. The minimum atomic E-state index is -0.258. The van der Waals surface area contributed by atoms with Gasteiger partial charge in [-0.3, -0.25) is 0 Å². The number of nitrogens with zero attached hydrogens (tertiary/aromatic N) is 2. The summed E-state index contributed by atoms with van der Waals surface area (Å²) >= 11 is 0. The van der Waals surface area contributed by atoms with Gasteiger partial charge in [-0.25, -0.2) is 14.4 Å². The van der Waals surface area contributed by atoms with Crippen LogP contribution in [0.5, 0.6) is 0 Å².